The molecule has 3 aromatic rings. The van der Waals surface area contributed by atoms with Crippen LogP contribution in [0.3, 0.4) is 0 Å². The van der Waals surface area contributed by atoms with E-state index in [2.05, 4.69) is 10.3 Å². The lowest BCUT2D eigenvalue weighted by Crippen LogP contribution is -2.25. The van der Waals surface area contributed by atoms with E-state index in [0.29, 0.717) is 11.6 Å². The highest BCUT2D eigenvalue weighted by atomic mass is 32.1. The monoisotopic (exact) mass is 283 g/mol. The van der Waals surface area contributed by atoms with Crippen molar-refractivity contribution in [2.24, 2.45) is 0 Å². The molecule has 1 N–H and O–H groups in total. The molecule has 0 spiro atoms. The van der Waals surface area contributed by atoms with Gasteiger partial charge in [0.1, 0.15) is 0 Å². The quantitative estimate of drug-likeness (QED) is 0.803. The van der Waals surface area contributed by atoms with Crippen molar-refractivity contribution in [3.63, 3.8) is 0 Å². The van der Waals surface area contributed by atoms with Crippen molar-refractivity contribution in [2.75, 3.05) is 0 Å². The predicted octanol–water partition coefficient (Wildman–Crippen LogP) is 2.98. The molecule has 1 aromatic carbocycles. The summed E-state index contributed by atoms with van der Waals surface area (Å²) < 4.78 is 3.02. The number of aromatic nitrogens is 2. The van der Waals surface area contributed by atoms with Crippen molar-refractivity contribution in [3.8, 4) is 5.13 Å². The molecule has 2 aromatic heterocycles. The third-order valence-electron chi connectivity index (χ3n) is 3.38. The van der Waals surface area contributed by atoms with Gasteiger partial charge < -0.3 is 9.88 Å². The van der Waals surface area contributed by atoms with Gasteiger partial charge in [-0.05, 0) is 43.2 Å². The van der Waals surface area contributed by atoms with Crippen LogP contribution in [-0.2, 0) is 0 Å². The molecular formula is C15H13N3OS. The Morgan fingerprint density at radius 3 is 2.85 bits per heavy atom. The van der Waals surface area contributed by atoms with E-state index in [4.69, 9.17) is 0 Å². The molecule has 1 aliphatic rings. The summed E-state index contributed by atoms with van der Waals surface area (Å²) in [7, 11) is 0. The Morgan fingerprint density at radius 2 is 2.10 bits per heavy atom. The first-order chi connectivity index (χ1) is 9.79. The maximum Gasteiger partial charge on any atom is 0.251 e. The Bertz CT molecular complexity index is 772. The lowest BCUT2D eigenvalue weighted by molar-refractivity contribution is 0.0951. The van der Waals surface area contributed by atoms with Crippen molar-refractivity contribution in [2.45, 2.75) is 18.9 Å². The van der Waals surface area contributed by atoms with E-state index >= 15 is 0 Å². The molecule has 0 unspecified atom stereocenters. The van der Waals surface area contributed by atoms with Crippen molar-refractivity contribution in [1.29, 1.82) is 0 Å². The molecule has 0 aliphatic heterocycles. The van der Waals surface area contributed by atoms with E-state index in [1.54, 1.807) is 11.3 Å². The molecule has 4 rings (SSSR count). The molecule has 1 amide bonds. The van der Waals surface area contributed by atoms with Crippen molar-refractivity contribution in [1.82, 2.24) is 14.9 Å². The van der Waals surface area contributed by atoms with Gasteiger partial charge >= 0.3 is 0 Å². The zero-order chi connectivity index (χ0) is 13.5. The van der Waals surface area contributed by atoms with Gasteiger partial charge in [0.15, 0.2) is 5.13 Å². The van der Waals surface area contributed by atoms with Gasteiger partial charge in [-0.3, -0.25) is 4.79 Å². The largest absolute Gasteiger partial charge is 0.349 e. The number of carbonyl (C=O) groups is 1. The smallest absolute Gasteiger partial charge is 0.251 e. The number of nitrogens with zero attached hydrogens (tertiary/aromatic N) is 2. The molecule has 0 radical (unpaired) electrons. The molecule has 1 aliphatic carbocycles. The Labute approximate surface area is 120 Å². The minimum Gasteiger partial charge on any atom is -0.349 e. The summed E-state index contributed by atoms with van der Waals surface area (Å²) in [6, 6.07) is 10.0. The van der Waals surface area contributed by atoms with Gasteiger partial charge in [-0.15, -0.1) is 0 Å². The maximum atomic E-state index is 12.0. The predicted molar refractivity (Wildman–Crippen MR) is 79.4 cm³/mol. The van der Waals surface area contributed by atoms with Crippen LogP contribution in [0.5, 0.6) is 0 Å². The summed E-state index contributed by atoms with van der Waals surface area (Å²) in [6.07, 6.45) is 6.15. The maximum absolute atomic E-state index is 12.0. The molecule has 0 atom stereocenters. The number of nitrogens with one attached hydrogen (secondary N) is 1. The SMILES string of the molecule is O=C(NC1CC1)c1ccc2nc(-n3cccc3)sc2c1. The molecule has 5 heteroatoms. The lowest BCUT2D eigenvalue weighted by Gasteiger charge is -2.02. The third kappa shape index (κ3) is 2.10. The highest BCUT2D eigenvalue weighted by Gasteiger charge is 2.23. The highest BCUT2D eigenvalue weighted by Crippen LogP contribution is 2.26. The summed E-state index contributed by atoms with van der Waals surface area (Å²) in [5.41, 5.74) is 1.65. The number of hydrogen-bond donors (Lipinski definition) is 1. The summed E-state index contributed by atoms with van der Waals surface area (Å²) in [6.45, 7) is 0. The zero-order valence-corrected chi connectivity index (χ0v) is 11.6. The fraction of sp³-hybridized carbons (Fsp3) is 0.200. The van der Waals surface area contributed by atoms with Crippen LogP contribution in [0, 0.1) is 0 Å². The number of fused-ring (bicyclic) bond motifs is 1. The first-order valence-corrected chi connectivity index (χ1v) is 7.46. The number of amides is 1. The van der Waals surface area contributed by atoms with Gasteiger partial charge in [0, 0.05) is 24.0 Å². The van der Waals surface area contributed by atoms with Crippen LogP contribution in [-0.4, -0.2) is 21.5 Å². The Hall–Kier alpha value is -2.14. The topological polar surface area (TPSA) is 46.9 Å². The average molecular weight is 283 g/mol. The van der Waals surface area contributed by atoms with Gasteiger partial charge in [-0.25, -0.2) is 4.98 Å². The van der Waals surface area contributed by atoms with Crippen LogP contribution in [0.25, 0.3) is 15.3 Å². The average Bonchev–Trinajstić information content (AvgIpc) is 2.96. The van der Waals surface area contributed by atoms with Crippen LogP contribution < -0.4 is 5.32 Å². The minimum atomic E-state index is 0.0188. The third-order valence-corrected chi connectivity index (χ3v) is 4.41. The van der Waals surface area contributed by atoms with Crippen molar-refractivity contribution in [3.05, 3.63) is 48.3 Å². The minimum absolute atomic E-state index is 0.0188. The fourth-order valence-electron chi connectivity index (χ4n) is 2.12. The number of thiazole rings is 1. The van der Waals surface area contributed by atoms with Gasteiger partial charge in [0.25, 0.3) is 5.91 Å². The van der Waals surface area contributed by atoms with E-state index in [-0.39, 0.29) is 5.91 Å². The molecule has 2 heterocycles. The summed E-state index contributed by atoms with van der Waals surface area (Å²) in [5.74, 6) is 0.0188. The molecule has 100 valence electrons. The van der Waals surface area contributed by atoms with Crippen LogP contribution in [0.15, 0.2) is 42.7 Å². The summed E-state index contributed by atoms with van der Waals surface area (Å²) in [5, 5.41) is 3.93. The van der Waals surface area contributed by atoms with E-state index in [9.17, 15) is 4.79 Å². The summed E-state index contributed by atoms with van der Waals surface area (Å²) in [4.78, 5) is 16.6. The fourth-order valence-corrected chi connectivity index (χ4v) is 3.09. The standard InChI is InChI=1S/C15H13N3OS/c19-14(16-11-4-5-11)10-3-6-12-13(9-10)20-15(17-12)18-7-1-2-8-18/h1-3,6-9,11H,4-5H2,(H,16,19). The molecule has 1 fully saturated rings. The first kappa shape index (κ1) is 11.7. The number of hydrogen-bond acceptors (Lipinski definition) is 3. The van der Waals surface area contributed by atoms with Crippen LogP contribution in [0.2, 0.25) is 0 Å². The Kier molecular flexibility index (Phi) is 2.60. The number of rotatable bonds is 3. The zero-order valence-electron chi connectivity index (χ0n) is 10.7. The second-order valence-electron chi connectivity index (χ2n) is 5.02. The molecular weight excluding hydrogens is 270 g/mol. The summed E-state index contributed by atoms with van der Waals surface area (Å²) >= 11 is 1.59. The molecule has 1 saturated carbocycles. The molecule has 0 bridgehead atoms. The van der Waals surface area contributed by atoms with Crippen molar-refractivity contribution < 1.29 is 4.79 Å². The van der Waals surface area contributed by atoms with Gasteiger partial charge in [-0.2, -0.15) is 0 Å². The second kappa shape index (κ2) is 4.45. The molecule has 4 nitrogen and oxygen atoms in total. The van der Waals surface area contributed by atoms with E-state index < -0.39 is 0 Å². The van der Waals surface area contributed by atoms with E-state index in [1.165, 1.54) is 0 Å². The molecule has 20 heavy (non-hydrogen) atoms. The van der Waals surface area contributed by atoms with Gasteiger partial charge in [0.2, 0.25) is 0 Å². The lowest BCUT2D eigenvalue weighted by atomic mass is 10.2. The normalized spacial score (nSPS) is 14.6. The first-order valence-electron chi connectivity index (χ1n) is 6.64. The Morgan fingerprint density at radius 1 is 1.30 bits per heavy atom. The number of benzene rings is 1. The van der Waals surface area contributed by atoms with E-state index in [1.807, 2.05) is 47.3 Å². The second-order valence-corrected chi connectivity index (χ2v) is 6.03. The number of carbonyl (C=O) groups excluding carboxylic acids is 1. The molecule has 0 saturated heterocycles. The van der Waals surface area contributed by atoms with Crippen LogP contribution >= 0.6 is 11.3 Å². The van der Waals surface area contributed by atoms with Crippen molar-refractivity contribution >= 4 is 27.5 Å². The highest BCUT2D eigenvalue weighted by molar-refractivity contribution is 7.20. The van der Waals surface area contributed by atoms with E-state index in [0.717, 1.165) is 28.2 Å². The van der Waals surface area contributed by atoms with Gasteiger partial charge in [-0.1, -0.05) is 11.3 Å². The van der Waals surface area contributed by atoms with Crippen LogP contribution in [0.4, 0.5) is 0 Å². The van der Waals surface area contributed by atoms with Gasteiger partial charge in [0.05, 0.1) is 10.2 Å². The Balaban J connectivity index is 1.69. The van der Waals surface area contributed by atoms with Crippen LogP contribution in [0.1, 0.15) is 23.2 Å².